The maximum Gasteiger partial charge on any atom is 0.239 e. The average Bonchev–Trinajstić information content (AvgIpc) is 2.83. The Bertz CT molecular complexity index is 521. The summed E-state index contributed by atoms with van der Waals surface area (Å²) in [5.74, 6) is 0.216. The van der Waals surface area contributed by atoms with Crippen LogP contribution in [0.2, 0.25) is 0 Å². The van der Waals surface area contributed by atoms with E-state index in [1.54, 1.807) is 6.20 Å². The lowest BCUT2D eigenvalue weighted by Crippen LogP contribution is -2.22. The van der Waals surface area contributed by atoms with E-state index >= 15 is 0 Å². The summed E-state index contributed by atoms with van der Waals surface area (Å²) in [7, 11) is 0. The minimum Gasteiger partial charge on any atom is -0.322 e. The third kappa shape index (κ3) is 3.62. The van der Waals surface area contributed by atoms with Crippen LogP contribution < -0.4 is 11.1 Å². The van der Waals surface area contributed by atoms with E-state index < -0.39 is 0 Å². The maximum atomic E-state index is 11.2. The fourth-order valence-corrected chi connectivity index (χ4v) is 1.46. The van der Waals surface area contributed by atoms with Gasteiger partial charge in [-0.2, -0.15) is 5.10 Å². The highest BCUT2D eigenvalue weighted by Gasteiger charge is 2.12. The zero-order chi connectivity index (χ0) is 14.3. The van der Waals surface area contributed by atoms with E-state index in [9.17, 15) is 4.79 Å². The first-order valence-corrected chi connectivity index (χ1v) is 6.18. The fourth-order valence-electron chi connectivity index (χ4n) is 1.46. The van der Waals surface area contributed by atoms with Gasteiger partial charge >= 0.3 is 0 Å². The van der Waals surface area contributed by atoms with E-state index in [2.05, 4.69) is 20.5 Å². The van der Waals surface area contributed by atoms with Gasteiger partial charge in [0.25, 0.3) is 0 Å². The number of H-pyrrole nitrogens is 1. The number of nitrogens with two attached hydrogens (primary N) is 1. The van der Waals surface area contributed by atoms with Crippen molar-refractivity contribution < 1.29 is 4.79 Å². The minimum absolute atomic E-state index is 0.0643. The van der Waals surface area contributed by atoms with Crippen molar-refractivity contribution in [1.29, 1.82) is 0 Å². The summed E-state index contributed by atoms with van der Waals surface area (Å²) in [6.07, 6.45) is 1.70. The second kappa shape index (κ2) is 7.27. The van der Waals surface area contributed by atoms with Crippen molar-refractivity contribution >= 4 is 11.7 Å². The molecule has 0 aliphatic heterocycles. The van der Waals surface area contributed by atoms with Crippen molar-refractivity contribution in [2.24, 2.45) is 5.73 Å². The van der Waals surface area contributed by atoms with Gasteiger partial charge in [-0.05, 0) is 19.1 Å². The SMILES string of the molecule is CC.Cc1c(NC(=O)CN)n[nH]c1-c1ccccn1. The second-order valence-electron chi connectivity index (χ2n) is 3.54. The fraction of sp³-hybridized carbons (Fsp3) is 0.308. The molecule has 0 radical (unpaired) electrons. The number of nitrogens with one attached hydrogen (secondary N) is 2. The molecule has 0 atom stereocenters. The molecule has 6 nitrogen and oxygen atoms in total. The van der Waals surface area contributed by atoms with Gasteiger partial charge in [0.1, 0.15) is 0 Å². The highest BCUT2D eigenvalue weighted by atomic mass is 16.1. The van der Waals surface area contributed by atoms with Gasteiger partial charge in [-0.25, -0.2) is 0 Å². The van der Waals surface area contributed by atoms with Crippen LogP contribution in [0.3, 0.4) is 0 Å². The molecule has 2 heterocycles. The van der Waals surface area contributed by atoms with Gasteiger partial charge < -0.3 is 11.1 Å². The van der Waals surface area contributed by atoms with Gasteiger partial charge in [-0.15, -0.1) is 0 Å². The van der Waals surface area contributed by atoms with Crippen molar-refractivity contribution in [2.45, 2.75) is 20.8 Å². The molecule has 102 valence electrons. The number of carbonyl (C=O) groups excluding carboxylic acids is 1. The Hall–Kier alpha value is -2.21. The molecular formula is C13H19N5O. The van der Waals surface area contributed by atoms with Gasteiger partial charge in [0, 0.05) is 11.8 Å². The molecule has 0 aliphatic carbocycles. The van der Waals surface area contributed by atoms with E-state index in [1.807, 2.05) is 39.0 Å². The van der Waals surface area contributed by atoms with E-state index in [4.69, 9.17) is 5.73 Å². The molecule has 0 saturated carbocycles. The predicted molar refractivity (Wildman–Crippen MR) is 75.6 cm³/mol. The minimum atomic E-state index is -0.271. The quantitative estimate of drug-likeness (QED) is 0.783. The molecule has 4 N–H and O–H groups in total. The molecule has 1 amide bonds. The Morgan fingerprint density at radius 3 is 2.74 bits per heavy atom. The zero-order valence-corrected chi connectivity index (χ0v) is 11.4. The van der Waals surface area contributed by atoms with Crippen LogP contribution in [0.1, 0.15) is 19.4 Å². The van der Waals surface area contributed by atoms with Crippen LogP contribution in [-0.4, -0.2) is 27.6 Å². The molecule has 19 heavy (non-hydrogen) atoms. The van der Waals surface area contributed by atoms with Gasteiger partial charge in [-0.1, -0.05) is 19.9 Å². The van der Waals surface area contributed by atoms with Gasteiger partial charge in [0.05, 0.1) is 17.9 Å². The normalized spacial score (nSPS) is 9.47. The smallest absolute Gasteiger partial charge is 0.239 e. The summed E-state index contributed by atoms with van der Waals surface area (Å²) in [5, 5.41) is 9.50. The Kier molecular flexibility index (Phi) is 5.69. The summed E-state index contributed by atoms with van der Waals surface area (Å²) in [6.45, 7) is 5.80. The predicted octanol–water partition coefficient (Wildman–Crippen LogP) is 1.70. The molecule has 6 heteroatoms. The highest BCUT2D eigenvalue weighted by Crippen LogP contribution is 2.23. The van der Waals surface area contributed by atoms with Crippen molar-refractivity contribution in [3.05, 3.63) is 30.0 Å². The number of hydrogen-bond acceptors (Lipinski definition) is 4. The average molecular weight is 261 g/mol. The lowest BCUT2D eigenvalue weighted by Gasteiger charge is -2.01. The third-order valence-corrected chi connectivity index (χ3v) is 2.37. The molecule has 0 saturated heterocycles. The van der Waals surface area contributed by atoms with Crippen LogP contribution in [0.4, 0.5) is 5.82 Å². The van der Waals surface area contributed by atoms with Crippen molar-refractivity contribution in [1.82, 2.24) is 15.2 Å². The molecule has 2 rings (SSSR count). The number of aromatic nitrogens is 3. The summed E-state index contributed by atoms with van der Waals surface area (Å²) < 4.78 is 0. The highest BCUT2D eigenvalue weighted by molar-refractivity contribution is 5.92. The van der Waals surface area contributed by atoms with Gasteiger partial charge in [-0.3, -0.25) is 14.9 Å². The Morgan fingerprint density at radius 2 is 2.16 bits per heavy atom. The molecular weight excluding hydrogens is 242 g/mol. The van der Waals surface area contributed by atoms with Crippen LogP contribution >= 0.6 is 0 Å². The van der Waals surface area contributed by atoms with Crippen LogP contribution in [0.15, 0.2) is 24.4 Å². The van der Waals surface area contributed by atoms with Crippen LogP contribution in [0.25, 0.3) is 11.4 Å². The molecule has 0 spiro atoms. The molecule has 0 aliphatic rings. The van der Waals surface area contributed by atoms with Crippen molar-refractivity contribution in [3.8, 4) is 11.4 Å². The summed E-state index contributed by atoms with van der Waals surface area (Å²) >= 11 is 0. The number of hydrogen-bond donors (Lipinski definition) is 3. The lowest BCUT2D eigenvalue weighted by molar-refractivity contribution is -0.114. The van der Waals surface area contributed by atoms with Crippen LogP contribution in [-0.2, 0) is 4.79 Å². The number of aromatic amines is 1. The second-order valence-corrected chi connectivity index (χ2v) is 3.54. The molecule has 0 bridgehead atoms. The summed E-state index contributed by atoms with van der Waals surface area (Å²) in [6, 6.07) is 5.60. The largest absolute Gasteiger partial charge is 0.322 e. The number of anilines is 1. The summed E-state index contributed by atoms with van der Waals surface area (Å²) in [4.78, 5) is 15.4. The molecule has 0 aromatic carbocycles. The van der Waals surface area contributed by atoms with E-state index in [0.717, 1.165) is 17.0 Å². The Morgan fingerprint density at radius 1 is 1.42 bits per heavy atom. The number of amides is 1. The molecule has 0 fully saturated rings. The number of nitrogens with zero attached hydrogens (tertiary/aromatic N) is 2. The molecule has 2 aromatic heterocycles. The zero-order valence-electron chi connectivity index (χ0n) is 11.4. The monoisotopic (exact) mass is 261 g/mol. The van der Waals surface area contributed by atoms with Crippen molar-refractivity contribution in [3.63, 3.8) is 0 Å². The van der Waals surface area contributed by atoms with E-state index in [1.165, 1.54) is 0 Å². The first-order valence-electron chi connectivity index (χ1n) is 6.18. The number of carbonyl (C=O) groups is 1. The van der Waals surface area contributed by atoms with Gasteiger partial charge in [0.2, 0.25) is 5.91 Å². The Labute approximate surface area is 112 Å². The lowest BCUT2D eigenvalue weighted by atomic mass is 10.2. The van der Waals surface area contributed by atoms with Crippen LogP contribution in [0, 0.1) is 6.92 Å². The van der Waals surface area contributed by atoms with Crippen molar-refractivity contribution in [2.75, 3.05) is 11.9 Å². The molecule has 0 unspecified atom stereocenters. The standard InChI is InChI=1S/C11H13N5O.C2H6/c1-7-10(8-4-2-3-5-13-8)15-16-11(7)14-9(17)6-12;1-2/h2-5H,6,12H2,1H3,(H2,14,15,16,17);1-2H3. The molecule has 2 aromatic rings. The summed E-state index contributed by atoms with van der Waals surface area (Å²) in [5.41, 5.74) is 7.64. The topological polar surface area (TPSA) is 96.7 Å². The number of pyridine rings is 1. The maximum absolute atomic E-state index is 11.2. The third-order valence-electron chi connectivity index (χ3n) is 2.37. The first kappa shape index (κ1) is 14.8. The van der Waals surface area contributed by atoms with E-state index in [-0.39, 0.29) is 12.5 Å². The van der Waals surface area contributed by atoms with Gasteiger partial charge in [0.15, 0.2) is 5.82 Å². The van der Waals surface area contributed by atoms with E-state index in [0.29, 0.717) is 5.82 Å². The first-order chi connectivity index (χ1) is 9.22. The van der Waals surface area contributed by atoms with Crippen LogP contribution in [0.5, 0.6) is 0 Å². The number of rotatable bonds is 3. The Balaban J connectivity index is 0.000000861.